The summed E-state index contributed by atoms with van der Waals surface area (Å²) >= 11 is 0. The Hall–Kier alpha value is -2.69. The summed E-state index contributed by atoms with van der Waals surface area (Å²) in [6, 6.07) is 11.2. The minimum atomic E-state index is -0.547. The van der Waals surface area contributed by atoms with Gasteiger partial charge in [-0.3, -0.25) is 0 Å². The van der Waals surface area contributed by atoms with Gasteiger partial charge in [0.05, 0.1) is 24.8 Å². The molecule has 7 nitrogen and oxygen atoms in total. The zero-order valence-electron chi connectivity index (χ0n) is 14.8. The normalized spacial score (nSPS) is 16.7. The molecule has 0 aliphatic carbocycles. The van der Waals surface area contributed by atoms with Gasteiger partial charge in [0.25, 0.3) is 0 Å². The maximum absolute atomic E-state index is 10.4. The fourth-order valence-electron chi connectivity index (χ4n) is 3.10. The first-order valence-electron chi connectivity index (χ1n) is 8.72. The van der Waals surface area contributed by atoms with Gasteiger partial charge in [-0.2, -0.15) is 10.2 Å². The van der Waals surface area contributed by atoms with Crippen LogP contribution >= 0.6 is 0 Å². The Morgan fingerprint density at radius 1 is 1.31 bits per heavy atom. The monoisotopic (exact) mass is 353 g/mol. The lowest BCUT2D eigenvalue weighted by Gasteiger charge is -2.33. The number of aliphatic hydroxyl groups is 1. The average molecular weight is 353 g/mol. The van der Waals surface area contributed by atoms with Crippen molar-refractivity contribution in [2.75, 3.05) is 32.1 Å². The van der Waals surface area contributed by atoms with Crippen molar-refractivity contribution in [1.82, 2.24) is 14.9 Å². The molecule has 0 amide bonds. The first kappa shape index (κ1) is 18.1. The van der Waals surface area contributed by atoms with Crippen LogP contribution < -0.4 is 10.1 Å². The van der Waals surface area contributed by atoms with Crippen molar-refractivity contribution in [1.29, 1.82) is 5.26 Å². The number of likely N-dealkylation sites (tertiary alicyclic amines) is 1. The summed E-state index contributed by atoms with van der Waals surface area (Å²) in [6.45, 7) is 2.39. The molecule has 0 saturated carbocycles. The third kappa shape index (κ3) is 4.69. The molecule has 26 heavy (non-hydrogen) atoms. The predicted octanol–water partition coefficient (Wildman–Crippen LogP) is 1.97. The quantitative estimate of drug-likeness (QED) is 0.820. The molecule has 1 fully saturated rings. The molecule has 1 unspecified atom stereocenters. The minimum Gasteiger partial charge on any atom is -0.481 e. The number of nitrogens with zero attached hydrogens (tertiary/aromatic N) is 4. The SMILES string of the molecule is COc1ccnc(NC2CCN(CC(O)c3ccc(C#N)cc3)CC2)n1. The summed E-state index contributed by atoms with van der Waals surface area (Å²) in [6.07, 6.45) is 3.05. The topological polar surface area (TPSA) is 94.3 Å². The second-order valence-corrected chi connectivity index (χ2v) is 6.39. The molecule has 2 aromatic rings. The third-order valence-corrected chi connectivity index (χ3v) is 4.62. The number of aliphatic hydroxyl groups excluding tert-OH is 1. The van der Waals surface area contributed by atoms with E-state index in [4.69, 9.17) is 10.00 Å². The molecular formula is C19H23N5O2. The van der Waals surface area contributed by atoms with Crippen LogP contribution in [0.5, 0.6) is 5.88 Å². The molecule has 3 rings (SSSR count). The number of β-amino-alcohol motifs (C(OH)–C–C–N with tert-alkyl or cyclic N) is 1. The Bertz CT molecular complexity index is 751. The summed E-state index contributed by atoms with van der Waals surface area (Å²) in [5.41, 5.74) is 1.45. The van der Waals surface area contributed by atoms with Crippen molar-refractivity contribution in [2.45, 2.75) is 25.0 Å². The van der Waals surface area contributed by atoms with Crippen LogP contribution in [-0.2, 0) is 0 Å². The zero-order valence-corrected chi connectivity index (χ0v) is 14.8. The fourth-order valence-corrected chi connectivity index (χ4v) is 3.10. The number of piperidine rings is 1. The van der Waals surface area contributed by atoms with Crippen LogP contribution in [-0.4, -0.2) is 52.8 Å². The number of hydrogen-bond acceptors (Lipinski definition) is 7. The molecule has 1 atom stereocenters. The van der Waals surface area contributed by atoms with Gasteiger partial charge in [0.15, 0.2) is 0 Å². The Morgan fingerprint density at radius 3 is 2.69 bits per heavy atom. The summed E-state index contributed by atoms with van der Waals surface area (Å²) in [5.74, 6) is 1.13. The van der Waals surface area contributed by atoms with E-state index in [-0.39, 0.29) is 0 Å². The average Bonchev–Trinajstić information content (AvgIpc) is 2.69. The Kier molecular flexibility index (Phi) is 6.00. The van der Waals surface area contributed by atoms with E-state index in [2.05, 4.69) is 26.3 Å². The zero-order chi connectivity index (χ0) is 18.4. The van der Waals surface area contributed by atoms with E-state index in [1.54, 1.807) is 31.5 Å². The molecule has 7 heteroatoms. The highest BCUT2D eigenvalue weighted by atomic mass is 16.5. The first-order chi connectivity index (χ1) is 12.7. The molecule has 0 spiro atoms. The van der Waals surface area contributed by atoms with Crippen molar-refractivity contribution >= 4 is 5.95 Å². The number of benzene rings is 1. The van der Waals surface area contributed by atoms with Gasteiger partial charge < -0.3 is 20.1 Å². The van der Waals surface area contributed by atoms with Gasteiger partial charge in [-0.15, -0.1) is 0 Å². The number of methoxy groups -OCH3 is 1. The van der Waals surface area contributed by atoms with Crippen molar-refractivity contribution in [2.24, 2.45) is 0 Å². The minimum absolute atomic E-state index is 0.311. The molecule has 2 heterocycles. The third-order valence-electron chi connectivity index (χ3n) is 4.62. The predicted molar refractivity (Wildman–Crippen MR) is 97.8 cm³/mol. The van der Waals surface area contributed by atoms with Gasteiger partial charge in [0, 0.05) is 37.9 Å². The number of rotatable bonds is 6. The van der Waals surface area contributed by atoms with Crippen LogP contribution in [0.1, 0.15) is 30.1 Å². The van der Waals surface area contributed by atoms with Crippen molar-refractivity contribution < 1.29 is 9.84 Å². The number of ether oxygens (including phenoxy) is 1. The molecule has 0 radical (unpaired) electrons. The molecule has 1 aliphatic heterocycles. The molecule has 1 aromatic carbocycles. The summed E-state index contributed by atoms with van der Waals surface area (Å²) in [4.78, 5) is 10.8. The molecule has 2 N–H and O–H groups in total. The van der Waals surface area contributed by atoms with E-state index < -0.39 is 6.10 Å². The molecule has 1 saturated heterocycles. The van der Waals surface area contributed by atoms with Gasteiger partial charge in [0.1, 0.15) is 0 Å². The highest BCUT2D eigenvalue weighted by Crippen LogP contribution is 2.20. The van der Waals surface area contributed by atoms with E-state index in [0.29, 0.717) is 30.0 Å². The largest absolute Gasteiger partial charge is 0.481 e. The van der Waals surface area contributed by atoms with Gasteiger partial charge in [-0.25, -0.2) is 4.98 Å². The number of nitriles is 1. The van der Waals surface area contributed by atoms with Crippen LogP contribution in [0, 0.1) is 11.3 Å². The Morgan fingerprint density at radius 2 is 2.04 bits per heavy atom. The molecule has 1 aliphatic rings. The summed E-state index contributed by atoms with van der Waals surface area (Å²) < 4.78 is 5.12. The van der Waals surface area contributed by atoms with Crippen LogP contribution in [0.2, 0.25) is 0 Å². The molecular weight excluding hydrogens is 330 g/mol. The second kappa shape index (κ2) is 8.61. The number of aromatic nitrogens is 2. The standard InChI is InChI=1S/C19H23N5O2/c1-26-18-6-9-21-19(23-18)22-16-7-10-24(11-8-16)13-17(25)15-4-2-14(12-20)3-5-15/h2-6,9,16-17,25H,7-8,10-11,13H2,1H3,(H,21,22,23). The molecule has 0 bridgehead atoms. The van der Waals surface area contributed by atoms with E-state index in [1.165, 1.54) is 0 Å². The van der Waals surface area contributed by atoms with Crippen LogP contribution in [0.15, 0.2) is 36.5 Å². The highest BCUT2D eigenvalue weighted by Gasteiger charge is 2.22. The smallest absolute Gasteiger partial charge is 0.226 e. The van der Waals surface area contributed by atoms with Gasteiger partial charge in [-0.1, -0.05) is 12.1 Å². The maximum atomic E-state index is 10.4. The van der Waals surface area contributed by atoms with Crippen molar-refractivity contribution in [3.8, 4) is 11.9 Å². The number of hydrogen-bond donors (Lipinski definition) is 2. The summed E-state index contributed by atoms with van der Waals surface area (Å²) in [7, 11) is 1.59. The molecule has 136 valence electrons. The highest BCUT2D eigenvalue weighted by molar-refractivity contribution is 5.32. The lowest BCUT2D eigenvalue weighted by atomic mass is 10.0. The van der Waals surface area contributed by atoms with Gasteiger partial charge >= 0.3 is 0 Å². The van der Waals surface area contributed by atoms with Crippen LogP contribution in [0.25, 0.3) is 0 Å². The number of nitrogens with one attached hydrogen (secondary N) is 1. The lowest BCUT2D eigenvalue weighted by Crippen LogP contribution is -2.41. The fraction of sp³-hybridized carbons (Fsp3) is 0.421. The van der Waals surface area contributed by atoms with E-state index >= 15 is 0 Å². The van der Waals surface area contributed by atoms with Gasteiger partial charge in [-0.05, 0) is 30.5 Å². The molecule has 1 aromatic heterocycles. The van der Waals surface area contributed by atoms with Crippen LogP contribution in [0.3, 0.4) is 0 Å². The Balaban J connectivity index is 1.47. The second-order valence-electron chi connectivity index (χ2n) is 6.39. The number of anilines is 1. The van der Waals surface area contributed by atoms with Crippen molar-refractivity contribution in [3.63, 3.8) is 0 Å². The summed E-state index contributed by atoms with van der Waals surface area (Å²) in [5, 5.41) is 22.6. The maximum Gasteiger partial charge on any atom is 0.226 e. The van der Waals surface area contributed by atoms with E-state index in [9.17, 15) is 5.11 Å². The lowest BCUT2D eigenvalue weighted by molar-refractivity contribution is 0.0991. The van der Waals surface area contributed by atoms with Crippen molar-refractivity contribution in [3.05, 3.63) is 47.7 Å². The Labute approximate surface area is 153 Å². The van der Waals surface area contributed by atoms with E-state index in [1.807, 2.05) is 12.1 Å². The van der Waals surface area contributed by atoms with E-state index in [0.717, 1.165) is 31.5 Å². The van der Waals surface area contributed by atoms with Gasteiger partial charge in [0.2, 0.25) is 11.8 Å². The first-order valence-corrected chi connectivity index (χ1v) is 8.72. The van der Waals surface area contributed by atoms with Crippen LogP contribution in [0.4, 0.5) is 5.95 Å².